The maximum Gasteiger partial charge on any atom is 1.00 e. The van der Waals surface area contributed by atoms with Crippen LogP contribution in [0.3, 0.4) is 0 Å². The number of carboxylic acid groups (broad SMARTS) is 1. The van der Waals surface area contributed by atoms with Gasteiger partial charge in [0.25, 0.3) is 0 Å². The van der Waals surface area contributed by atoms with Crippen molar-refractivity contribution >= 4 is 11.9 Å². The summed E-state index contributed by atoms with van der Waals surface area (Å²) in [5, 5.41) is 12.6. The van der Waals surface area contributed by atoms with Gasteiger partial charge in [0.15, 0.2) is 0 Å². The van der Waals surface area contributed by atoms with E-state index in [-0.39, 0.29) is 51.4 Å². The number of carboxylic acids is 1. The van der Waals surface area contributed by atoms with Crippen molar-refractivity contribution in [1.29, 1.82) is 0 Å². The number of nitrogens with one attached hydrogen (secondary N) is 1. The number of aliphatic carboxylic acids is 1. The summed E-state index contributed by atoms with van der Waals surface area (Å²) in [7, 11) is 0. The summed E-state index contributed by atoms with van der Waals surface area (Å²) in [6, 6.07) is -0.828. The first kappa shape index (κ1) is 16.5. The third kappa shape index (κ3) is 8.70. The van der Waals surface area contributed by atoms with E-state index in [9.17, 15) is 14.7 Å². The summed E-state index contributed by atoms with van der Waals surface area (Å²) in [5.74, 6) is -1.74. The van der Waals surface area contributed by atoms with E-state index in [4.69, 9.17) is 0 Å². The van der Waals surface area contributed by atoms with Crippen LogP contribution in [0, 0.1) is 0 Å². The van der Waals surface area contributed by atoms with Crippen LogP contribution in [0.25, 0.3) is 0 Å². The van der Waals surface area contributed by atoms with Gasteiger partial charge in [-0.15, -0.1) is 0 Å². The molecule has 5 nitrogen and oxygen atoms in total. The molecule has 0 aliphatic rings. The standard InChI is InChI=1S/C8H13NO4.K/c1-3-13-7(10)4-5-9-6(2)8(11)12;/h4-6,9H,3H2,1-2H3,(H,11,12);/q;+1/p-1. The summed E-state index contributed by atoms with van der Waals surface area (Å²) >= 11 is 0. The average molecular weight is 225 g/mol. The zero-order valence-corrected chi connectivity index (χ0v) is 11.7. The molecule has 1 atom stereocenters. The van der Waals surface area contributed by atoms with Crippen molar-refractivity contribution in [2.24, 2.45) is 0 Å². The van der Waals surface area contributed by atoms with Crippen molar-refractivity contribution in [2.75, 3.05) is 6.61 Å². The molecule has 0 aromatic heterocycles. The first-order chi connectivity index (χ1) is 6.07. The second-order valence-corrected chi connectivity index (χ2v) is 2.29. The van der Waals surface area contributed by atoms with Crippen molar-refractivity contribution in [3.8, 4) is 0 Å². The third-order valence-electron chi connectivity index (χ3n) is 1.21. The molecule has 0 amide bonds. The zero-order valence-electron chi connectivity index (χ0n) is 8.57. The maximum absolute atomic E-state index is 10.7. The fourth-order valence-corrected chi connectivity index (χ4v) is 0.519. The fourth-order valence-electron chi connectivity index (χ4n) is 0.519. The van der Waals surface area contributed by atoms with Crippen molar-refractivity contribution in [2.45, 2.75) is 19.9 Å². The summed E-state index contributed by atoms with van der Waals surface area (Å²) in [6.45, 7) is 3.38. The van der Waals surface area contributed by atoms with Crippen LogP contribution in [0.2, 0.25) is 0 Å². The Morgan fingerprint density at radius 2 is 2.14 bits per heavy atom. The first-order valence-electron chi connectivity index (χ1n) is 3.88. The molecule has 0 fully saturated rings. The molecule has 0 aromatic carbocycles. The Kier molecular flexibility index (Phi) is 11.4. The minimum absolute atomic E-state index is 0. The predicted octanol–water partition coefficient (Wildman–Crippen LogP) is -4.20. The molecule has 74 valence electrons. The van der Waals surface area contributed by atoms with Crippen LogP contribution in [-0.2, 0) is 14.3 Å². The van der Waals surface area contributed by atoms with Crippen LogP contribution >= 0.6 is 0 Å². The van der Waals surface area contributed by atoms with Crippen LogP contribution in [0.4, 0.5) is 0 Å². The molecule has 0 spiro atoms. The molecular weight excluding hydrogens is 213 g/mol. The second kappa shape index (κ2) is 9.66. The van der Waals surface area contributed by atoms with Crippen LogP contribution in [0.1, 0.15) is 13.8 Å². The Hall–Kier alpha value is 0.116. The van der Waals surface area contributed by atoms with Gasteiger partial charge in [0.2, 0.25) is 0 Å². The molecule has 0 saturated carbocycles. The van der Waals surface area contributed by atoms with E-state index in [2.05, 4.69) is 10.1 Å². The number of rotatable bonds is 5. The molecule has 0 aromatic rings. The fraction of sp³-hybridized carbons (Fsp3) is 0.500. The van der Waals surface area contributed by atoms with E-state index in [0.29, 0.717) is 6.61 Å². The minimum atomic E-state index is -1.23. The summed E-state index contributed by atoms with van der Waals surface area (Å²) in [5.41, 5.74) is 0. The number of esters is 1. The SMILES string of the molecule is CCOC(=O)C=CNC(C)C(=O)[O-].[K+]. The summed E-state index contributed by atoms with van der Waals surface area (Å²) in [4.78, 5) is 20.9. The summed E-state index contributed by atoms with van der Waals surface area (Å²) < 4.78 is 4.56. The van der Waals surface area contributed by atoms with Gasteiger partial charge in [0.05, 0.1) is 18.6 Å². The van der Waals surface area contributed by atoms with Gasteiger partial charge >= 0.3 is 57.4 Å². The van der Waals surface area contributed by atoms with Crippen LogP contribution in [-0.4, -0.2) is 24.6 Å². The molecule has 0 rings (SSSR count). The van der Waals surface area contributed by atoms with Gasteiger partial charge in [0, 0.05) is 12.3 Å². The third-order valence-corrected chi connectivity index (χ3v) is 1.21. The van der Waals surface area contributed by atoms with E-state index >= 15 is 0 Å². The number of hydrogen-bond donors (Lipinski definition) is 1. The monoisotopic (exact) mass is 225 g/mol. The molecule has 14 heavy (non-hydrogen) atoms. The van der Waals surface area contributed by atoms with E-state index in [1.807, 2.05) is 0 Å². The second-order valence-electron chi connectivity index (χ2n) is 2.29. The molecule has 0 aliphatic carbocycles. The molecule has 0 radical (unpaired) electrons. The smallest absolute Gasteiger partial charge is 0.548 e. The average Bonchev–Trinajstić information content (AvgIpc) is 2.04. The molecule has 0 bridgehead atoms. The molecule has 1 N–H and O–H groups in total. The largest absolute Gasteiger partial charge is 1.00 e. The topological polar surface area (TPSA) is 78.5 Å². The van der Waals surface area contributed by atoms with Gasteiger partial charge < -0.3 is 20.0 Å². The number of carbonyl (C=O) groups is 2. The maximum atomic E-state index is 10.7. The molecule has 1 unspecified atom stereocenters. The Morgan fingerprint density at radius 3 is 2.57 bits per heavy atom. The first-order valence-corrected chi connectivity index (χ1v) is 3.88. The summed E-state index contributed by atoms with van der Waals surface area (Å²) in [6.07, 6.45) is 2.33. The van der Waals surface area contributed by atoms with Crippen LogP contribution < -0.4 is 61.8 Å². The quantitative estimate of drug-likeness (QED) is 0.291. The van der Waals surface area contributed by atoms with Crippen molar-refractivity contribution < 1.29 is 70.8 Å². The Labute approximate surface area is 125 Å². The van der Waals surface area contributed by atoms with E-state index in [0.717, 1.165) is 6.08 Å². The molecule has 0 saturated heterocycles. The van der Waals surface area contributed by atoms with Crippen molar-refractivity contribution in [3.05, 3.63) is 12.3 Å². The number of ether oxygens (including phenoxy) is 1. The van der Waals surface area contributed by atoms with Crippen molar-refractivity contribution in [1.82, 2.24) is 5.32 Å². The Morgan fingerprint density at radius 1 is 1.57 bits per heavy atom. The van der Waals surface area contributed by atoms with Gasteiger partial charge in [-0.05, 0) is 13.8 Å². The van der Waals surface area contributed by atoms with Gasteiger partial charge in [-0.25, -0.2) is 4.79 Å². The van der Waals surface area contributed by atoms with E-state index in [1.54, 1.807) is 6.92 Å². The van der Waals surface area contributed by atoms with E-state index in [1.165, 1.54) is 13.1 Å². The van der Waals surface area contributed by atoms with Crippen LogP contribution in [0.5, 0.6) is 0 Å². The van der Waals surface area contributed by atoms with Gasteiger partial charge in [-0.2, -0.15) is 0 Å². The predicted molar refractivity (Wildman–Crippen MR) is 43.4 cm³/mol. The van der Waals surface area contributed by atoms with Crippen LogP contribution in [0.15, 0.2) is 12.3 Å². The van der Waals surface area contributed by atoms with Gasteiger partial charge in [-0.1, -0.05) is 0 Å². The molecule has 0 aliphatic heterocycles. The van der Waals surface area contributed by atoms with Gasteiger partial charge in [0.1, 0.15) is 0 Å². The van der Waals surface area contributed by atoms with E-state index < -0.39 is 18.0 Å². The molecule has 0 heterocycles. The number of hydrogen-bond acceptors (Lipinski definition) is 5. The van der Waals surface area contributed by atoms with Gasteiger partial charge in [-0.3, -0.25) is 0 Å². The van der Waals surface area contributed by atoms with Crippen molar-refractivity contribution in [3.63, 3.8) is 0 Å². The Balaban J connectivity index is 0. The number of carbonyl (C=O) groups excluding carboxylic acids is 2. The molecule has 6 heteroatoms. The molecular formula is C8H12KNO4. The Bertz CT molecular complexity index is 217. The minimum Gasteiger partial charge on any atom is -0.548 e. The normalized spacial score (nSPS) is 11.6. The zero-order chi connectivity index (χ0) is 10.3.